The van der Waals surface area contributed by atoms with E-state index in [-0.39, 0.29) is 59.4 Å². The molecule has 0 fully saturated rings. The Labute approximate surface area is 309 Å². The van der Waals surface area contributed by atoms with Crippen molar-refractivity contribution < 1.29 is 52.7 Å². The highest BCUT2D eigenvalue weighted by Crippen LogP contribution is 2.67. The van der Waals surface area contributed by atoms with Crippen molar-refractivity contribution in [2.75, 3.05) is 6.16 Å². The number of benzene rings is 6. The van der Waals surface area contributed by atoms with Crippen molar-refractivity contribution in [3.8, 4) is 0 Å². The molecule has 0 amide bonds. The van der Waals surface area contributed by atoms with Crippen molar-refractivity contribution in [2.45, 2.75) is 19.0 Å². The van der Waals surface area contributed by atoms with Crippen molar-refractivity contribution in [2.24, 2.45) is 0 Å². The van der Waals surface area contributed by atoms with E-state index in [4.69, 9.17) is 0 Å². The number of hydrogen-bond acceptors (Lipinski definition) is 1. The lowest BCUT2D eigenvalue weighted by Crippen LogP contribution is -3.00. The second kappa shape index (κ2) is 16.9. The molecule has 1 atom stereocenters. The maximum atomic E-state index is 13.5. The zero-order valence-electron chi connectivity index (χ0n) is 25.9. The Morgan fingerprint density at radius 3 is 0.913 bits per heavy atom. The lowest BCUT2D eigenvalue weighted by atomic mass is 10.2. The molecule has 0 aliphatic heterocycles. The average Bonchev–Trinajstić information content (AvgIpc) is 3.10. The minimum atomic E-state index is -2.37. The van der Waals surface area contributed by atoms with Crippen molar-refractivity contribution in [3.63, 3.8) is 0 Å². The van der Waals surface area contributed by atoms with Gasteiger partial charge in [0.2, 0.25) is 0 Å². The molecule has 0 bridgehead atoms. The van der Waals surface area contributed by atoms with Gasteiger partial charge in [-0.2, -0.15) is 0 Å². The number of Topliss-reactive ketones (excluding diaryl/α,β-unsaturated/α-hetero) is 1. The summed E-state index contributed by atoms with van der Waals surface area (Å²) in [6, 6.07) is 66.3. The first-order chi connectivity index (χ1) is 21.7. The standard InChI is InChI=1S/C41H38OP2.2HI/c1-34(42)32-41(44(38-26-14-5-15-27-38,39-28-16-6-17-29-39)40-30-18-7-19-31-40)33-43(35-20-8-2-9-21-35,36-22-10-3-11-23-36)37-24-12-4-13-25-37;;/h2-31,41H,32-33H2,1H3;2*1H/q+2;;/p-2. The molecular weight excluding hydrogens is 824 g/mol. The summed E-state index contributed by atoms with van der Waals surface area (Å²) in [7, 11) is -4.62. The molecule has 232 valence electrons. The fourth-order valence-electron chi connectivity index (χ4n) is 6.85. The number of carbonyl (C=O) groups is 1. The molecule has 1 nitrogen and oxygen atoms in total. The zero-order valence-corrected chi connectivity index (χ0v) is 32.0. The predicted octanol–water partition coefficient (Wildman–Crippen LogP) is 1.33. The Morgan fingerprint density at radius 1 is 0.435 bits per heavy atom. The van der Waals surface area contributed by atoms with Gasteiger partial charge in [-0.15, -0.1) is 0 Å². The first kappa shape index (κ1) is 36.2. The number of carbonyl (C=O) groups excluding carboxylic acids is 1. The second-order valence-corrected chi connectivity index (χ2v) is 18.5. The molecule has 0 saturated carbocycles. The summed E-state index contributed by atoms with van der Waals surface area (Å²) in [6.45, 7) is 1.77. The van der Waals surface area contributed by atoms with Crippen LogP contribution in [-0.2, 0) is 4.79 Å². The summed E-state index contributed by atoms with van der Waals surface area (Å²) in [5.41, 5.74) is 0.0566. The Kier molecular flexibility index (Phi) is 13.3. The predicted molar refractivity (Wildman–Crippen MR) is 194 cm³/mol. The maximum Gasteiger partial charge on any atom is 0.133 e. The third kappa shape index (κ3) is 7.24. The Hall–Kier alpha value is -2.69. The maximum absolute atomic E-state index is 13.5. The molecular formula is C41H38I2OP2. The van der Waals surface area contributed by atoms with E-state index in [1.807, 2.05) is 0 Å². The molecule has 0 aromatic heterocycles. The molecule has 46 heavy (non-hydrogen) atoms. The minimum absolute atomic E-state index is 0. The fourth-order valence-corrected chi connectivity index (χ4v) is 17.5. The van der Waals surface area contributed by atoms with E-state index in [2.05, 4.69) is 182 Å². The van der Waals surface area contributed by atoms with Crippen molar-refractivity contribution in [1.82, 2.24) is 0 Å². The smallest absolute Gasteiger partial charge is 0.133 e. The Morgan fingerprint density at radius 2 is 0.674 bits per heavy atom. The number of ketones is 1. The lowest BCUT2D eigenvalue weighted by Gasteiger charge is -2.38. The van der Waals surface area contributed by atoms with Crippen LogP contribution in [0, 0.1) is 0 Å². The third-order valence-corrected chi connectivity index (χ3v) is 18.3. The van der Waals surface area contributed by atoms with Crippen molar-refractivity contribution in [1.29, 1.82) is 0 Å². The van der Waals surface area contributed by atoms with Gasteiger partial charge in [-0.1, -0.05) is 109 Å². The summed E-state index contributed by atoms with van der Waals surface area (Å²) in [4.78, 5) is 13.5. The second-order valence-electron chi connectivity index (χ2n) is 11.3. The van der Waals surface area contributed by atoms with E-state index in [9.17, 15) is 4.79 Å². The number of halogens is 2. The highest BCUT2D eigenvalue weighted by atomic mass is 127. The summed E-state index contributed by atoms with van der Waals surface area (Å²) in [5, 5.41) is 7.98. The van der Waals surface area contributed by atoms with E-state index < -0.39 is 14.5 Å². The zero-order chi connectivity index (χ0) is 30.2. The van der Waals surface area contributed by atoms with Crippen LogP contribution < -0.4 is 79.8 Å². The molecule has 6 aromatic carbocycles. The largest absolute Gasteiger partial charge is 1.00 e. The molecule has 0 aliphatic carbocycles. The Balaban J connectivity index is 0.00000240. The minimum Gasteiger partial charge on any atom is -1.00 e. The van der Waals surface area contributed by atoms with Gasteiger partial charge in [0.15, 0.2) is 0 Å². The van der Waals surface area contributed by atoms with Crippen LogP contribution in [0.3, 0.4) is 0 Å². The quantitative estimate of drug-likeness (QED) is 0.142. The first-order valence-corrected chi connectivity index (χ1v) is 19.1. The van der Waals surface area contributed by atoms with Crippen LogP contribution in [0.1, 0.15) is 13.3 Å². The first-order valence-electron chi connectivity index (χ1n) is 15.3. The van der Waals surface area contributed by atoms with Gasteiger partial charge in [0.05, 0.1) is 0 Å². The highest BCUT2D eigenvalue weighted by Gasteiger charge is 2.59. The van der Waals surface area contributed by atoms with Gasteiger partial charge in [0, 0.05) is 6.42 Å². The molecule has 5 heteroatoms. The van der Waals surface area contributed by atoms with E-state index in [1.165, 1.54) is 31.8 Å². The van der Waals surface area contributed by atoms with Gasteiger partial charge < -0.3 is 48.0 Å². The normalized spacial score (nSPS) is 11.8. The molecule has 1 unspecified atom stereocenters. The summed E-state index contributed by atoms with van der Waals surface area (Å²) in [5.74, 6) is 0.231. The van der Waals surface area contributed by atoms with Crippen LogP contribution >= 0.6 is 14.5 Å². The van der Waals surface area contributed by atoms with Gasteiger partial charge in [-0.3, -0.25) is 4.79 Å². The fraction of sp³-hybridized carbons (Fsp3) is 0.0976. The van der Waals surface area contributed by atoms with Crippen LogP contribution in [0.2, 0.25) is 0 Å². The van der Waals surface area contributed by atoms with Crippen LogP contribution in [0.5, 0.6) is 0 Å². The van der Waals surface area contributed by atoms with Gasteiger partial charge in [-0.05, 0) is 79.7 Å². The molecule has 0 aliphatic rings. The van der Waals surface area contributed by atoms with E-state index in [1.54, 1.807) is 6.92 Å². The van der Waals surface area contributed by atoms with Crippen LogP contribution in [0.15, 0.2) is 182 Å². The molecule has 6 rings (SSSR count). The summed E-state index contributed by atoms with van der Waals surface area (Å²) >= 11 is 0. The molecule has 6 aromatic rings. The molecule has 0 spiro atoms. The van der Waals surface area contributed by atoms with E-state index in [0.29, 0.717) is 6.42 Å². The van der Waals surface area contributed by atoms with Gasteiger partial charge in [0.1, 0.15) is 64.0 Å². The highest BCUT2D eigenvalue weighted by molar-refractivity contribution is 7.99. The summed E-state index contributed by atoms with van der Waals surface area (Å²) < 4.78 is 0. The van der Waals surface area contributed by atoms with E-state index >= 15 is 0 Å². The molecule has 0 radical (unpaired) electrons. The molecule has 0 saturated heterocycles. The van der Waals surface area contributed by atoms with Gasteiger partial charge >= 0.3 is 0 Å². The topological polar surface area (TPSA) is 17.1 Å². The average molecular weight is 863 g/mol. The van der Waals surface area contributed by atoms with Crippen LogP contribution in [0.25, 0.3) is 0 Å². The summed E-state index contributed by atoms with van der Waals surface area (Å²) in [6.07, 6.45) is 1.37. The van der Waals surface area contributed by atoms with Crippen molar-refractivity contribution >= 4 is 52.1 Å². The van der Waals surface area contributed by atoms with Crippen molar-refractivity contribution in [3.05, 3.63) is 182 Å². The molecule has 0 heterocycles. The monoisotopic (exact) mass is 862 g/mol. The van der Waals surface area contributed by atoms with Crippen LogP contribution in [-0.4, -0.2) is 17.6 Å². The Bertz CT molecular complexity index is 1580. The van der Waals surface area contributed by atoms with Crippen LogP contribution in [0.4, 0.5) is 0 Å². The van der Waals surface area contributed by atoms with E-state index in [0.717, 1.165) is 6.16 Å². The molecule has 0 N–H and O–H groups in total. The third-order valence-electron chi connectivity index (χ3n) is 8.64. The number of rotatable bonds is 11. The van der Waals surface area contributed by atoms with Gasteiger partial charge in [-0.25, -0.2) is 0 Å². The lowest BCUT2D eigenvalue weighted by molar-refractivity contribution is -0.116. The van der Waals surface area contributed by atoms with Gasteiger partial charge in [0.25, 0.3) is 0 Å². The number of hydrogen-bond donors (Lipinski definition) is 0. The SMILES string of the molecule is CC(=O)CC(C[P+](c1ccccc1)(c1ccccc1)c1ccccc1)[P+](c1ccccc1)(c1ccccc1)c1ccccc1.[I-].[I-].